The quantitative estimate of drug-likeness (QED) is 0.863. The van der Waals surface area contributed by atoms with E-state index in [9.17, 15) is 9.90 Å². The van der Waals surface area contributed by atoms with E-state index in [1.54, 1.807) is 18.2 Å². The van der Waals surface area contributed by atoms with Crippen LogP contribution in [0.1, 0.15) is 10.5 Å². The van der Waals surface area contributed by atoms with Crippen LogP contribution in [0.4, 0.5) is 0 Å². The fourth-order valence-electron chi connectivity index (χ4n) is 1.35. The lowest BCUT2D eigenvalue weighted by Crippen LogP contribution is -2.00. The lowest BCUT2D eigenvalue weighted by atomic mass is 10.2. The van der Waals surface area contributed by atoms with Crippen LogP contribution in [0.25, 0.3) is 10.9 Å². The highest BCUT2D eigenvalue weighted by atomic mass is 35.7. The molecular weight excluding hydrogens is 250 g/mol. The number of hydrogen-bond acceptors (Lipinski definition) is 4. The number of carbonyl (C=O) groups is 1. The molecular formula is C10H6ClNO3S. The molecule has 0 aliphatic heterocycles. The van der Waals surface area contributed by atoms with Crippen LogP contribution in [-0.4, -0.2) is 21.2 Å². The number of carboxylic acid groups (broad SMARTS) is 1. The molecule has 0 amide bonds. The Labute approximate surface area is 99.4 Å². The van der Waals surface area contributed by atoms with Crippen LogP contribution in [0, 0.1) is 0 Å². The Morgan fingerprint density at radius 3 is 2.75 bits per heavy atom. The zero-order valence-electron chi connectivity index (χ0n) is 7.85. The van der Waals surface area contributed by atoms with E-state index in [1.165, 1.54) is 0 Å². The molecule has 1 aromatic heterocycles. The van der Waals surface area contributed by atoms with E-state index in [-0.39, 0.29) is 11.4 Å². The van der Waals surface area contributed by atoms with Gasteiger partial charge in [-0.15, -0.1) is 0 Å². The molecule has 4 nitrogen and oxygen atoms in total. The van der Waals surface area contributed by atoms with E-state index < -0.39 is 5.97 Å². The molecule has 16 heavy (non-hydrogen) atoms. The van der Waals surface area contributed by atoms with E-state index in [0.717, 1.165) is 21.9 Å². The number of carboxylic acids is 1. The van der Waals surface area contributed by atoms with Gasteiger partial charge >= 0.3 is 5.97 Å². The van der Waals surface area contributed by atoms with Crippen molar-refractivity contribution in [3.05, 3.63) is 30.0 Å². The Kier molecular flexibility index (Phi) is 2.89. The van der Waals surface area contributed by atoms with Crippen LogP contribution >= 0.6 is 21.7 Å². The maximum atomic E-state index is 10.7. The Hall–Kier alpha value is -1.46. The molecule has 0 radical (unpaired) electrons. The predicted octanol–water partition coefficient (Wildman–Crippen LogP) is 2.88. The largest absolute Gasteiger partial charge is 0.507 e. The lowest BCUT2D eigenvalue weighted by Gasteiger charge is -2.03. The molecule has 0 aliphatic rings. The molecule has 6 heteroatoms. The van der Waals surface area contributed by atoms with Gasteiger partial charge < -0.3 is 10.2 Å². The average molecular weight is 256 g/mol. The number of rotatable bonds is 2. The fourth-order valence-corrected chi connectivity index (χ4v) is 1.91. The third kappa shape index (κ3) is 1.91. The van der Waals surface area contributed by atoms with Crippen molar-refractivity contribution >= 4 is 38.5 Å². The van der Waals surface area contributed by atoms with E-state index in [2.05, 4.69) is 4.98 Å². The van der Waals surface area contributed by atoms with E-state index in [1.807, 2.05) is 0 Å². The Balaban J connectivity index is 2.72. The van der Waals surface area contributed by atoms with Gasteiger partial charge in [-0.25, -0.2) is 9.78 Å². The highest BCUT2D eigenvalue weighted by Gasteiger charge is 2.10. The van der Waals surface area contributed by atoms with Crippen LogP contribution in [0.2, 0.25) is 0 Å². The minimum absolute atomic E-state index is 0.103. The minimum atomic E-state index is -1.18. The summed E-state index contributed by atoms with van der Waals surface area (Å²) >= 11 is 0. The molecule has 0 bridgehead atoms. The molecule has 2 aromatic rings. The zero-order valence-corrected chi connectivity index (χ0v) is 9.42. The van der Waals surface area contributed by atoms with Crippen molar-refractivity contribution in [1.82, 2.24) is 4.98 Å². The molecule has 0 atom stereocenters. The zero-order chi connectivity index (χ0) is 11.7. The molecule has 0 saturated heterocycles. The summed E-state index contributed by atoms with van der Waals surface area (Å²) in [5, 5.41) is 18.9. The van der Waals surface area contributed by atoms with Crippen LogP contribution in [0.15, 0.2) is 29.2 Å². The van der Waals surface area contributed by atoms with Gasteiger partial charge in [0.15, 0.2) is 5.69 Å². The summed E-state index contributed by atoms with van der Waals surface area (Å²) in [6, 6.07) is 6.12. The first-order valence-electron chi connectivity index (χ1n) is 4.27. The van der Waals surface area contributed by atoms with Crippen LogP contribution in [0.3, 0.4) is 0 Å². The Morgan fingerprint density at radius 1 is 1.38 bits per heavy atom. The van der Waals surface area contributed by atoms with Crippen LogP contribution < -0.4 is 0 Å². The smallest absolute Gasteiger partial charge is 0.354 e. The second-order valence-electron chi connectivity index (χ2n) is 3.09. The third-order valence-electron chi connectivity index (χ3n) is 2.07. The number of aromatic carboxylic acids is 1. The number of benzene rings is 1. The minimum Gasteiger partial charge on any atom is -0.507 e. The summed E-state index contributed by atoms with van der Waals surface area (Å²) in [5.74, 6) is -1.28. The topological polar surface area (TPSA) is 70.4 Å². The van der Waals surface area contributed by atoms with Crippen molar-refractivity contribution in [3.63, 3.8) is 0 Å². The van der Waals surface area contributed by atoms with Crippen molar-refractivity contribution < 1.29 is 15.0 Å². The predicted molar refractivity (Wildman–Crippen MR) is 62.1 cm³/mol. The normalized spacial score (nSPS) is 10.6. The van der Waals surface area contributed by atoms with Crippen molar-refractivity contribution in [1.29, 1.82) is 0 Å². The van der Waals surface area contributed by atoms with Gasteiger partial charge in [-0.2, -0.15) is 0 Å². The van der Waals surface area contributed by atoms with Gasteiger partial charge in [0.2, 0.25) is 0 Å². The number of halogens is 1. The van der Waals surface area contributed by atoms with Gasteiger partial charge in [-0.3, -0.25) is 0 Å². The summed E-state index contributed by atoms with van der Waals surface area (Å²) in [6.45, 7) is 0. The highest BCUT2D eigenvalue weighted by Crippen LogP contribution is 2.29. The first-order valence-corrected chi connectivity index (χ1v) is 5.92. The molecule has 2 N–H and O–H groups in total. The molecule has 0 aliphatic carbocycles. The van der Waals surface area contributed by atoms with Gasteiger partial charge in [0.05, 0.1) is 5.52 Å². The van der Waals surface area contributed by atoms with Crippen LogP contribution in [0.5, 0.6) is 5.75 Å². The van der Waals surface area contributed by atoms with Crippen LogP contribution in [-0.2, 0) is 0 Å². The number of nitrogens with zero attached hydrogens (tertiary/aromatic N) is 1. The molecule has 0 fully saturated rings. The maximum absolute atomic E-state index is 10.7. The number of hydrogen-bond donors (Lipinski definition) is 2. The van der Waals surface area contributed by atoms with Crippen molar-refractivity contribution in [2.24, 2.45) is 0 Å². The number of fused-ring (bicyclic) bond motifs is 1. The molecule has 0 unspecified atom stereocenters. The summed E-state index contributed by atoms with van der Waals surface area (Å²) in [5.41, 5.74) is 0.213. The van der Waals surface area contributed by atoms with E-state index in [0.29, 0.717) is 10.9 Å². The molecule has 1 aromatic carbocycles. The van der Waals surface area contributed by atoms with Gasteiger partial charge in [-0.1, -0.05) is 0 Å². The number of pyridine rings is 1. The standard InChI is InChI=1S/C10H6ClNO3S/c11-16-5-1-2-6-7(3-5)12-8(10(14)15)4-9(6)13/h1-4H,(H,12,13)(H,14,15). The maximum Gasteiger partial charge on any atom is 0.354 e. The second kappa shape index (κ2) is 4.19. The first-order chi connectivity index (χ1) is 7.61. The van der Waals surface area contributed by atoms with Crippen molar-refractivity contribution in [3.8, 4) is 5.75 Å². The number of aromatic nitrogens is 1. The van der Waals surface area contributed by atoms with E-state index in [4.69, 9.17) is 15.8 Å². The van der Waals surface area contributed by atoms with Gasteiger partial charge in [0.1, 0.15) is 5.75 Å². The fraction of sp³-hybridized carbons (Fsp3) is 0. The SMILES string of the molecule is O=C(O)c1cc(O)c2ccc(SCl)cc2n1. The molecule has 0 spiro atoms. The summed E-state index contributed by atoms with van der Waals surface area (Å²) in [7, 11) is 6.59. The van der Waals surface area contributed by atoms with Gasteiger partial charge in [0.25, 0.3) is 0 Å². The number of aromatic hydroxyl groups is 1. The van der Waals surface area contributed by atoms with Gasteiger partial charge in [-0.05, 0) is 39.9 Å². The Bertz CT molecular complexity index is 573. The summed E-state index contributed by atoms with van der Waals surface area (Å²) in [4.78, 5) is 15.4. The van der Waals surface area contributed by atoms with E-state index >= 15 is 0 Å². The second-order valence-corrected chi connectivity index (χ2v) is 4.18. The third-order valence-corrected chi connectivity index (χ3v) is 3.03. The molecule has 0 saturated carbocycles. The molecule has 82 valence electrons. The molecule has 1 heterocycles. The van der Waals surface area contributed by atoms with Crippen molar-refractivity contribution in [2.45, 2.75) is 4.90 Å². The Morgan fingerprint density at radius 2 is 2.12 bits per heavy atom. The molecule has 2 rings (SSSR count). The first kappa shape index (κ1) is 11.0. The van der Waals surface area contributed by atoms with Crippen molar-refractivity contribution in [2.75, 3.05) is 0 Å². The summed E-state index contributed by atoms with van der Waals surface area (Å²) < 4.78 is 0. The monoisotopic (exact) mass is 255 g/mol. The van der Waals surface area contributed by atoms with Gasteiger partial charge in [0, 0.05) is 16.3 Å². The summed E-state index contributed by atoms with van der Waals surface area (Å²) in [6.07, 6.45) is 0. The lowest BCUT2D eigenvalue weighted by molar-refractivity contribution is 0.0690. The highest BCUT2D eigenvalue weighted by molar-refractivity contribution is 8.21. The average Bonchev–Trinajstić information content (AvgIpc) is 2.28.